The van der Waals surface area contributed by atoms with E-state index >= 15 is 0 Å². The molecule has 0 spiro atoms. The van der Waals surface area contributed by atoms with Gasteiger partial charge in [-0.15, -0.1) is 0 Å². The van der Waals surface area contributed by atoms with Gasteiger partial charge in [0.1, 0.15) is 0 Å². The molecule has 0 heterocycles. The van der Waals surface area contributed by atoms with Crippen molar-refractivity contribution in [2.75, 3.05) is 39.0 Å². The first-order chi connectivity index (χ1) is 9.40. The Kier molecular flexibility index (Phi) is 6.20. The minimum absolute atomic E-state index is 0.0557. The van der Waals surface area contributed by atoms with Gasteiger partial charge in [-0.1, -0.05) is 11.6 Å². The van der Waals surface area contributed by atoms with Crippen molar-refractivity contribution in [3.8, 4) is 0 Å². The summed E-state index contributed by atoms with van der Waals surface area (Å²) in [5.74, 6) is -0.0633. The Bertz CT molecular complexity index is 494. The van der Waals surface area contributed by atoms with Gasteiger partial charge in [0.15, 0.2) is 0 Å². The molecule has 0 aliphatic rings. The number of anilines is 1. The van der Waals surface area contributed by atoms with Crippen LogP contribution in [0, 0.1) is 10.1 Å². The molecule has 0 aliphatic carbocycles. The van der Waals surface area contributed by atoms with E-state index in [4.69, 9.17) is 11.6 Å². The van der Waals surface area contributed by atoms with E-state index < -0.39 is 4.92 Å². The lowest BCUT2D eigenvalue weighted by atomic mass is 10.3. The largest absolute Gasteiger partial charge is 0.382 e. The Morgan fingerprint density at radius 2 is 2.10 bits per heavy atom. The molecule has 2 N–H and O–H groups in total. The van der Waals surface area contributed by atoms with Crippen LogP contribution in [0.3, 0.4) is 0 Å². The van der Waals surface area contributed by atoms with Gasteiger partial charge in [-0.3, -0.25) is 14.9 Å². The number of carbonyl (C=O) groups excluding carboxylic acids is 1. The van der Waals surface area contributed by atoms with E-state index in [9.17, 15) is 14.9 Å². The summed E-state index contributed by atoms with van der Waals surface area (Å²) < 4.78 is 0. The van der Waals surface area contributed by atoms with Crippen LogP contribution in [0.5, 0.6) is 0 Å². The van der Waals surface area contributed by atoms with Crippen LogP contribution in [-0.4, -0.2) is 49.5 Å². The van der Waals surface area contributed by atoms with Crippen LogP contribution in [0.2, 0.25) is 5.02 Å². The molecule has 0 unspecified atom stereocenters. The molecule has 1 amide bonds. The third-order valence-corrected chi connectivity index (χ3v) is 2.70. The second kappa shape index (κ2) is 7.66. The number of nitro benzene ring substituents is 1. The number of nitrogens with one attached hydrogen (secondary N) is 2. The monoisotopic (exact) mass is 300 g/mol. The molecule has 0 saturated heterocycles. The Morgan fingerprint density at radius 1 is 1.40 bits per heavy atom. The number of benzene rings is 1. The summed E-state index contributed by atoms with van der Waals surface area (Å²) in [5.41, 5.74) is 0.541. The predicted octanol–water partition coefficient (Wildman–Crippen LogP) is 1.34. The van der Waals surface area contributed by atoms with Gasteiger partial charge >= 0.3 is 0 Å². The Balaban J connectivity index is 2.39. The highest BCUT2D eigenvalue weighted by Gasteiger charge is 2.09. The average Bonchev–Trinajstić information content (AvgIpc) is 2.35. The van der Waals surface area contributed by atoms with Crippen LogP contribution >= 0.6 is 11.6 Å². The first-order valence-electron chi connectivity index (χ1n) is 5.99. The summed E-state index contributed by atoms with van der Waals surface area (Å²) >= 11 is 5.92. The molecule has 110 valence electrons. The lowest BCUT2D eigenvalue weighted by Crippen LogP contribution is -2.35. The summed E-state index contributed by atoms with van der Waals surface area (Å²) in [4.78, 5) is 23.2. The molecule has 8 heteroatoms. The minimum Gasteiger partial charge on any atom is -0.382 e. The molecule has 1 rings (SSSR count). The van der Waals surface area contributed by atoms with Crippen molar-refractivity contribution >= 4 is 28.9 Å². The third-order valence-electron chi connectivity index (χ3n) is 2.39. The lowest BCUT2D eigenvalue weighted by Gasteiger charge is -2.11. The molecule has 7 nitrogen and oxygen atoms in total. The Morgan fingerprint density at radius 3 is 2.65 bits per heavy atom. The van der Waals surface area contributed by atoms with E-state index in [2.05, 4.69) is 10.6 Å². The zero-order valence-corrected chi connectivity index (χ0v) is 12.1. The normalized spacial score (nSPS) is 10.4. The van der Waals surface area contributed by atoms with E-state index in [0.717, 1.165) is 0 Å². The highest BCUT2D eigenvalue weighted by molar-refractivity contribution is 6.33. The number of carbonyl (C=O) groups is 1. The molecule has 0 aromatic heterocycles. The van der Waals surface area contributed by atoms with Gasteiger partial charge in [-0.25, -0.2) is 0 Å². The first-order valence-corrected chi connectivity index (χ1v) is 6.37. The lowest BCUT2D eigenvalue weighted by molar-refractivity contribution is -0.384. The standard InChI is InChI=1S/C12H17ClN4O3/c1-16(2)8-12(18)15-6-5-14-11-4-3-9(17(19)20)7-10(11)13/h3-4,7,14H,5-6,8H2,1-2H3,(H,15,18). The molecule has 0 atom stereocenters. The fourth-order valence-electron chi connectivity index (χ4n) is 1.50. The van der Waals surface area contributed by atoms with Crippen molar-refractivity contribution in [1.29, 1.82) is 0 Å². The summed E-state index contributed by atoms with van der Waals surface area (Å²) in [6.45, 7) is 1.26. The Labute approximate surface area is 122 Å². The molecule has 0 aliphatic heterocycles. The van der Waals surface area contributed by atoms with Gasteiger partial charge < -0.3 is 15.5 Å². The van der Waals surface area contributed by atoms with Gasteiger partial charge in [0.2, 0.25) is 5.91 Å². The second-order valence-corrected chi connectivity index (χ2v) is 4.84. The average molecular weight is 301 g/mol. The van der Waals surface area contributed by atoms with Crippen molar-refractivity contribution in [3.05, 3.63) is 33.3 Å². The van der Waals surface area contributed by atoms with Crippen molar-refractivity contribution in [2.24, 2.45) is 0 Å². The van der Waals surface area contributed by atoms with E-state index in [0.29, 0.717) is 25.3 Å². The summed E-state index contributed by atoms with van der Waals surface area (Å²) in [6.07, 6.45) is 0. The van der Waals surface area contributed by atoms with Gasteiger partial charge in [0.05, 0.1) is 22.2 Å². The van der Waals surface area contributed by atoms with Crippen LogP contribution in [-0.2, 0) is 4.79 Å². The number of hydrogen-bond acceptors (Lipinski definition) is 5. The van der Waals surface area contributed by atoms with Gasteiger partial charge in [-0.05, 0) is 20.2 Å². The van der Waals surface area contributed by atoms with Gasteiger partial charge in [0.25, 0.3) is 5.69 Å². The SMILES string of the molecule is CN(C)CC(=O)NCCNc1ccc([N+](=O)[O-])cc1Cl. The van der Waals surface area contributed by atoms with Crippen LogP contribution in [0.25, 0.3) is 0 Å². The topological polar surface area (TPSA) is 87.5 Å². The molecule has 0 saturated carbocycles. The summed E-state index contributed by atoms with van der Waals surface area (Å²) in [6, 6.07) is 4.20. The maximum absolute atomic E-state index is 11.4. The van der Waals surface area contributed by atoms with Crippen LogP contribution < -0.4 is 10.6 Å². The Hall–Kier alpha value is -1.86. The number of hydrogen-bond donors (Lipinski definition) is 2. The highest BCUT2D eigenvalue weighted by atomic mass is 35.5. The van der Waals surface area contributed by atoms with Gasteiger partial charge in [0, 0.05) is 25.2 Å². The van der Waals surface area contributed by atoms with E-state index in [1.807, 2.05) is 14.1 Å². The quantitative estimate of drug-likeness (QED) is 0.451. The molecular formula is C12H17ClN4O3. The molecule has 1 aromatic rings. The van der Waals surface area contributed by atoms with Crippen molar-refractivity contribution < 1.29 is 9.72 Å². The van der Waals surface area contributed by atoms with Crippen LogP contribution in [0.15, 0.2) is 18.2 Å². The third kappa shape index (κ3) is 5.41. The van der Waals surface area contributed by atoms with Crippen molar-refractivity contribution in [1.82, 2.24) is 10.2 Å². The molecule has 20 heavy (non-hydrogen) atoms. The summed E-state index contributed by atoms with van der Waals surface area (Å²) in [5, 5.41) is 16.6. The van der Waals surface area contributed by atoms with Crippen LogP contribution in [0.1, 0.15) is 0 Å². The van der Waals surface area contributed by atoms with Gasteiger partial charge in [-0.2, -0.15) is 0 Å². The molecular weight excluding hydrogens is 284 g/mol. The minimum atomic E-state index is -0.503. The van der Waals surface area contributed by atoms with Crippen molar-refractivity contribution in [2.45, 2.75) is 0 Å². The molecule has 0 bridgehead atoms. The number of nitro groups is 1. The zero-order chi connectivity index (χ0) is 15.1. The number of halogens is 1. The molecule has 0 radical (unpaired) electrons. The number of nitrogens with zero attached hydrogens (tertiary/aromatic N) is 2. The number of amides is 1. The molecule has 0 fully saturated rings. The zero-order valence-electron chi connectivity index (χ0n) is 11.4. The number of non-ortho nitro benzene ring substituents is 1. The fourth-order valence-corrected chi connectivity index (χ4v) is 1.74. The smallest absolute Gasteiger partial charge is 0.271 e. The second-order valence-electron chi connectivity index (χ2n) is 4.44. The maximum atomic E-state index is 11.4. The number of likely N-dealkylation sites (N-methyl/N-ethyl adjacent to an activating group) is 1. The highest BCUT2D eigenvalue weighted by Crippen LogP contribution is 2.26. The number of rotatable bonds is 7. The van der Waals surface area contributed by atoms with Crippen LogP contribution in [0.4, 0.5) is 11.4 Å². The predicted molar refractivity (Wildman–Crippen MR) is 78.2 cm³/mol. The molecule has 1 aromatic carbocycles. The first kappa shape index (κ1) is 16.2. The maximum Gasteiger partial charge on any atom is 0.271 e. The van der Waals surface area contributed by atoms with E-state index in [-0.39, 0.29) is 16.6 Å². The fraction of sp³-hybridized carbons (Fsp3) is 0.417. The van der Waals surface area contributed by atoms with E-state index in [1.54, 1.807) is 11.0 Å². The summed E-state index contributed by atoms with van der Waals surface area (Å²) in [7, 11) is 3.63. The van der Waals surface area contributed by atoms with E-state index in [1.165, 1.54) is 12.1 Å². The van der Waals surface area contributed by atoms with Crippen molar-refractivity contribution in [3.63, 3.8) is 0 Å².